The van der Waals surface area contributed by atoms with Crippen LogP contribution in [0.25, 0.3) is 72.1 Å². The van der Waals surface area contributed by atoms with E-state index in [1.807, 2.05) is 0 Å². The summed E-state index contributed by atoms with van der Waals surface area (Å²) in [6.45, 7) is 0. The molecule has 260 valence electrons. The van der Waals surface area contributed by atoms with Gasteiger partial charge in [-0.1, -0.05) is 146 Å². The smallest absolute Gasteiger partial charge is 0.0462 e. The molecule has 55 heavy (non-hydrogen) atoms. The molecular weight excluding hydrogens is 663 g/mol. The zero-order valence-electron chi connectivity index (χ0n) is 30.6. The summed E-state index contributed by atoms with van der Waals surface area (Å²) in [6.07, 6.45) is 6.81. The van der Waals surface area contributed by atoms with Gasteiger partial charge in [-0.3, -0.25) is 0 Å². The van der Waals surface area contributed by atoms with Gasteiger partial charge in [0.25, 0.3) is 0 Å². The van der Waals surface area contributed by atoms with E-state index in [2.05, 4.69) is 217 Å². The van der Waals surface area contributed by atoms with E-state index in [-0.39, 0.29) is 0 Å². The number of rotatable bonds is 7. The Hall–Kier alpha value is -6.96. The van der Waals surface area contributed by atoms with Crippen molar-refractivity contribution >= 4 is 44.7 Å². The van der Waals surface area contributed by atoms with Crippen molar-refractivity contribution in [2.45, 2.75) is 12.8 Å². The minimum atomic E-state index is 1.11. The lowest BCUT2D eigenvalue weighted by molar-refractivity contribution is 0.986. The molecule has 0 amide bonds. The largest absolute Gasteiger partial charge is 0.311 e. The Bertz CT molecular complexity index is 2850. The van der Waals surface area contributed by atoms with E-state index in [1.165, 1.54) is 77.2 Å². The van der Waals surface area contributed by atoms with Gasteiger partial charge in [0.15, 0.2) is 0 Å². The highest BCUT2D eigenvalue weighted by atomic mass is 15.1. The van der Waals surface area contributed by atoms with E-state index in [4.69, 9.17) is 0 Å². The van der Waals surface area contributed by atoms with Gasteiger partial charge in [0.05, 0.1) is 0 Å². The summed E-state index contributed by atoms with van der Waals surface area (Å²) < 4.78 is 0. The fourth-order valence-electron chi connectivity index (χ4n) is 8.19. The average molecular weight is 702 g/mol. The van der Waals surface area contributed by atoms with Crippen molar-refractivity contribution in [3.63, 3.8) is 0 Å². The molecule has 0 aliphatic heterocycles. The third-order valence-corrected chi connectivity index (χ3v) is 11.1. The molecule has 0 atom stereocenters. The van der Waals surface area contributed by atoms with Crippen molar-refractivity contribution in [3.05, 3.63) is 217 Å². The maximum absolute atomic E-state index is 2.38. The lowest BCUT2D eigenvalue weighted by atomic mass is 9.89. The molecular formula is C54H39N. The summed E-state index contributed by atoms with van der Waals surface area (Å²) in [5.74, 6) is 0. The predicted molar refractivity (Wildman–Crippen MR) is 235 cm³/mol. The lowest BCUT2D eigenvalue weighted by Gasteiger charge is -2.26. The molecule has 9 aromatic carbocycles. The van der Waals surface area contributed by atoms with E-state index in [9.17, 15) is 0 Å². The topological polar surface area (TPSA) is 3.24 Å². The van der Waals surface area contributed by atoms with Crippen LogP contribution in [0.3, 0.4) is 0 Å². The summed E-state index contributed by atoms with van der Waals surface area (Å²) in [4.78, 5) is 2.33. The molecule has 0 heterocycles. The van der Waals surface area contributed by atoms with Crippen LogP contribution in [0.5, 0.6) is 0 Å². The lowest BCUT2D eigenvalue weighted by Crippen LogP contribution is -2.09. The number of para-hydroxylation sites is 1. The quantitative estimate of drug-likeness (QED) is 0.160. The van der Waals surface area contributed by atoms with Gasteiger partial charge >= 0.3 is 0 Å². The molecule has 0 saturated heterocycles. The van der Waals surface area contributed by atoms with E-state index in [0.29, 0.717) is 0 Å². The SMILES string of the molecule is C1=Cc2cc(-c3cc(-c4cccc(-c5ccc(N(c6ccccc6)c6ccc(-c7ccc8ccccc8c7)cc6)cc5)c4)c4ccccc4c3)ccc2CC1. The highest BCUT2D eigenvalue weighted by molar-refractivity contribution is 6.01. The number of allylic oxidation sites excluding steroid dienone is 1. The van der Waals surface area contributed by atoms with Crippen molar-refractivity contribution in [1.29, 1.82) is 0 Å². The fraction of sp³-hybridized carbons (Fsp3) is 0.0370. The molecule has 10 rings (SSSR count). The Labute approximate surface area is 323 Å². The van der Waals surface area contributed by atoms with Crippen molar-refractivity contribution in [3.8, 4) is 44.5 Å². The minimum Gasteiger partial charge on any atom is -0.311 e. The molecule has 0 N–H and O–H groups in total. The van der Waals surface area contributed by atoms with Gasteiger partial charge in [-0.05, 0) is 157 Å². The van der Waals surface area contributed by atoms with E-state index >= 15 is 0 Å². The van der Waals surface area contributed by atoms with E-state index < -0.39 is 0 Å². The molecule has 0 aromatic heterocycles. The molecule has 0 fully saturated rings. The van der Waals surface area contributed by atoms with Gasteiger partial charge < -0.3 is 4.90 Å². The van der Waals surface area contributed by atoms with Gasteiger partial charge in [-0.2, -0.15) is 0 Å². The summed E-state index contributed by atoms with van der Waals surface area (Å²) in [6, 6.07) is 73.2. The number of anilines is 3. The zero-order valence-corrected chi connectivity index (χ0v) is 30.6. The molecule has 0 saturated carbocycles. The zero-order chi connectivity index (χ0) is 36.6. The first kappa shape index (κ1) is 32.7. The van der Waals surface area contributed by atoms with Crippen LogP contribution < -0.4 is 4.90 Å². The van der Waals surface area contributed by atoms with Gasteiger partial charge in [-0.15, -0.1) is 0 Å². The molecule has 1 aliphatic rings. The van der Waals surface area contributed by atoms with Crippen LogP contribution in [0.4, 0.5) is 17.1 Å². The maximum Gasteiger partial charge on any atom is 0.0462 e. The molecule has 0 bridgehead atoms. The van der Waals surface area contributed by atoms with Crippen LogP contribution in [-0.2, 0) is 6.42 Å². The standard InChI is InChI=1S/C54H39N/c1-2-18-50(19-3-1)55(52-31-27-41(28-32-52)45-23-21-38-11-4-6-13-42(38)33-45)51-29-25-40(26-30-51)44-16-10-17-48(35-44)54-37-49(36-47-15-8-9-20-53(47)54)46-24-22-39-12-5-7-14-43(39)34-46/h1-4,6-11,13-37H,5,12H2. The summed E-state index contributed by atoms with van der Waals surface area (Å²) in [7, 11) is 0. The van der Waals surface area contributed by atoms with Crippen LogP contribution in [0, 0.1) is 0 Å². The van der Waals surface area contributed by atoms with E-state index in [1.54, 1.807) is 0 Å². The second-order valence-electron chi connectivity index (χ2n) is 14.5. The number of aryl methyl sites for hydroxylation is 1. The second kappa shape index (κ2) is 14.1. The number of benzene rings is 9. The Morgan fingerprint density at radius 1 is 0.345 bits per heavy atom. The highest BCUT2D eigenvalue weighted by Crippen LogP contribution is 2.39. The molecule has 1 nitrogen and oxygen atoms in total. The maximum atomic E-state index is 2.38. The van der Waals surface area contributed by atoms with Crippen LogP contribution in [0.15, 0.2) is 206 Å². The molecule has 0 radical (unpaired) electrons. The summed E-state index contributed by atoms with van der Waals surface area (Å²) in [5.41, 5.74) is 15.9. The number of hydrogen-bond donors (Lipinski definition) is 0. The van der Waals surface area contributed by atoms with Crippen LogP contribution in [0.2, 0.25) is 0 Å². The average Bonchev–Trinajstić information content (AvgIpc) is 3.26. The van der Waals surface area contributed by atoms with Gasteiger partial charge in [0.1, 0.15) is 0 Å². The van der Waals surface area contributed by atoms with Crippen molar-refractivity contribution in [2.24, 2.45) is 0 Å². The van der Waals surface area contributed by atoms with Crippen molar-refractivity contribution in [1.82, 2.24) is 0 Å². The Morgan fingerprint density at radius 3 is 1.71 bits per heavy atom. The molecule has 1 heteroatoms. The predicted octanol–water partition coefficient (Wildman–Crippen LogP) is 15.1. The summed E-state index contributed by atoms with van der Waals surface area (Å²) >= 11 is 0. The number of nitrogens with zero attached hydrogens (tertiary/aromatic N) is 1. The molecule has 0 spiro atoms. The van der Waals surface area contributed by atoms with Gasteiger partial charge in [0.2, 0.25) is 0 Å². The first-order valence-corrected chi connectivity index (χ1v) is 19.2. The summed E-state index contributed by atoms with van der Waals surface area (Å²) in [5, 5.41) is 5.03. The van der Waals surface area contributed by atoms with Gasteiger partial charge in [0, 0.05) is 17.1 Å². The minimum absolute atomic E-state index is 1.11. The second-order valence-corrected chi connectivity index (χ2v) is 14.5. The van der Waals surface area contributed by atoms with Crippen LogP contribution >= 0.6 is 0 Å². The van der Waals surface area contributed by atoms with Crippen molar-refractivity contribution in [2.75, 3.05) is 4.90 Å². The normalized spacial score (nSPS) is 12.1. The third kappa shape index (κ3) is 6.41. The molecule has 1 aliphatic carbocycles. The number of fused-ring (bicyclic) bond motifs is 3. The van der Waals surface area contributed by atoms with Gasteiger partial charge in [-0.25, -0.2) is 0 Å². The Balaban J connectivity index is 0.983. The van der Waals surface area contributed by atoms with Crippen LogP contribution in [0.1, 0.15) is 17.5 Å². The molecule has 9 aromatic rings. The third-order valence-electron chi connectivity index (χ3n) is 11.1. The Kier molecular flexibility index (Phi) is 8.39. The number of hydrogen-bond acceptors (Lipinski definition) is 1. The monoisotopic (exact) mass is 701 g/mol. The van der Waals surface area contributed by atoms with Crippen LogP contribution in [-0.4, -0.2) is 0 Å². The van der Waals surface area contributed by atoms with Crippen molar-refractivity contribution < 1.29 is 0 Å². The first-order valence-electron chi connectivity index (χ1n) is 19.2. The fourth-order valence-corrected chi connectivity index (χ4v) is 8.19. The first-order chi connectivity index (χ1) is 27.2. The molecule has 0 unspecified atom stereocenters. The highest BCUT2D eigenvalue weighted by Gasteiger charge is 2.15. The Morgan fingerprint density at radius 2 is 0.927 bits per heavy atom. The van der Waals surface area contributed by atoms with E-state index in [0.717, 1.165) is 29.9 Å².